The molecule has 1 aromatic heterocycles. The predicted octanol–water partition coefficient (Wildman–Crippen LogP) is 2.52. The Labute approximate surface area is 103 Å². The van der Waals surface area contributed by atoms with E-state index in [1.165, 1.54) is 10.6 Å². The fourth-order valence-corrected chi connectivity index (χ4v) is 1.78. The second-order valence-electron chi connectivity index (χ2n) is 3.66. The molecule has 0 bridgehead atoms. The lowest BCUT2D eigenvalue weighted by Gasteiger charge is -2.08. The van der Waals surface area contributed by atoms with E-state index in [0.717, 1.165) is 11.3 Å². The first-order valence-corrected chi connectivity index (χ1v) is 5.42. The first-order valence-electron chi connectivity index (χ1n) is 5.04. The minimum absolute atomic E-state index is 0.158. The van der Waals surface area contributed by atoms with Crippen LogP contribution in [0, 0.1) is 0 Å². The number of halogens is 1. The molecule has 17 heavy (non-hydrogen) atoms. The second-order valence-corrected chi connectivity index (χ2v) is 4.10. The van der Waals surface area contributed by atoms with Crippen molar-refractivity contribution >= 4 is 17.9 Å². The Morgan fingerprint density at radius 1 is 1.12 bits per heavy atom. The van der Waals surface area contributed by atoms with Crippen LogP contribution in [0.3, 0.4) is 0 Å². The highest BCUT2D eigenvalue weighted by Crippen LogP contribution is 2.19. The Morgan fingerprint density at radius 2 is 1.76 bits per heavy atom. The summed E-state index contributed by atoms with van der Waals surface area (Å²) < 4.78 is 1.45. The van der Waals surface area contributed by atoms with Crippen molar-refractivity contribution in [3.8, 4) is 11.3 Å². The lowest BCUT2D eigenvalue weighted by Crippen LogP contribution is -2.21. The second kappa shape index (κ2) is 4.55. The first-order chi connectivity index (χ1) is 8.13. The lowest BCUT2D eigenvalue weighted by molar-refractivity contribution is 0.112. The lowest BCUT2D eigenvalue weighted by atomic mass is 10.1. The first kappa shape index (κ1) is 11.6. The summed E-state index contributed by atoms with van der Waals surface area (Å²) in [5, 5.41) is 0.642. The van der Waals surface area contributed by atoms with E-state index in [2.05, 4.69) is 0 Å². The van der Waals surface area contributed by atoms with E-state index >= 15 is 0 Å². The number of hydrogen-bond donors (Lipinski definition) is 0. The molecule has 0 spiro atoms. The number of nitrogens with zero attached hydrogens (tertiary/aromatic N) is 1. The van der Waals surface area contributed by atoms with Crippen molar-refractivity contribution in [3.05, 3.63) is 57.3 Å². The van der Waals surface area contributed by atoms with Gasteiger partial charge in [0, 0.05) is 12.1 Å². The SMILES string of the molecule is Cn1c(-c2ccc(Cl)cc2)ccc(C=O)c1=O. The van der Waals surface area contributed by atoms with Gasteiger partial charge in [-0.25, -0.2) is 0 Å². The van der Waals surface area contributed by atoms with Crippen molar-refractivity contribution in [2.45, 2.75) is 0 Å². The monoisotopic (exact) mass is 247 g/mol. The van der Waals surface area contributed by atoms with E-state index in [1.807, 2.05) is 12.1 Å². The van der Waals surface area contributed by atoms with Crippen LogP contribution in [0.15, 0.2) is 41.2 Å². The standard InChI is InChI=1S/C13H10ClNO2/c1-15-12(7-4-10(8-16)13(15)17)9-2-5-11(14)6-3-9/h2-8H,1H3. The van der Waals surface area contributed by atoms with Gasteiger partial charge in [-0.1, -0.05) is 23.7 Å². The predicted molar refractivity (Wildman–Crippen MR) is 67.5 cm³/mol. The van der Waals surface area contributed by atoms with Gasteiger partial charge in [0.15, 0.2) is 6.29 Å². The van der Waals surface area contributed by atoms with Crippen molar-refractivity contribution in [1.82, 2.24) is 4.57 Å². The molecule has 0 saturated carbocycles. The molecule has 0 radical (unpaired) electrons. The number of hydrogen-bond acceptors (Lipinski definition) is 2. The molecule has 1 heterocycles. The maximum Gasteiger partial charge on any atom is 0.261 e. The van der Waals surface area contributed by atoms with Crippen LogP contribution in [0.1, 0.15) is 10.4 Å². The van der Waals surface area contributed by atoms with E-state index in [0.29, 0.717) is 11.3 Å². The van der Waals surface area contributed by atoms with Gasteiger partial charge in [0.05, 0.1) is 11.3 Å². The zero-order valence-electron chi connectivity index (χ0n) is 9.18. The molecular formula is C13H10ClNO2. The van der Waals surface area contributed by atoms with Gasteiger partial charge >= 0.3 is 0 Å². The van der Waals surface area contributed by atoms with Crippen LogP contribution in [0.2, 0.25) is 5.02 Å². The minimum Gasteiger partial charge on any atom is -0.311 e. The molecule has 0 N–H and O–H groups in total. The molecule has 3 nitrogen and oxygen atoms in total. The number of aromatic nitrogens is 1. The van der Waals surface area contributed by atoms with Crippen LogP contribution in [0.25, 0.3) is 11.3 Å². The third-order valence-corrected chi connectivity index (χ3v) is 2.85. The average molecular weight is 248 g/mol. The molecule has 0 amide bonds. The minimum atomic E-state index is -0.299. The van der Waals surface area contributed by atoms with Gasteiger partial charge < -0.3 is 4.57 Å². The molecule has 0 atom stereocenters. The van der Waals surface area contributed by atoms with Crippen LogP contribution in [0.4, 0.5) is 0 Å². The van der Waals surface area contributed by atoms with Crippen LogP contribution >= 0.6 is 11.6 Å². The average Bonchev–Trinajstić information content (AvgIpc) is 2.34. The maximum atomic E-state index is 11.8. The molecule has 4 heteroatoms. The fraction of sp³-hybridized carbons (Fsp3) is 0.0769. The Morgan fingerprint density at radius 3 is 2.35 bits per heavy atom. The summed E-state index contributed by atoms with van der Waals surface area (Å²) in [5.41, 5.74) is 1.49. The molecule has 2 aromatic rings. The van der Waals surface area contributed by atoms with Crippen molar-refractivity contribution in [3.63, 3.8) is 0 Å². The molecule has 0 aliphatic rings. The summed E-state index contributed by atoms with van der Waals surface area (Å²) in [6.07, 6.45) is 0.563. The molecular weight excluding hydrogens is 238 g/mol. The summed E-state index contributed by atoms with van der Waals surface area (Å²) >= 11 is 5.80. The van der Waals surface area contributed by atoms with E-state index < -0.39 is 0 Å². The third kappa shape index (κ3) is 2.15. The molecule has 0 aliphatic carbocycles. The molecule has 2 rings (SSSR count). The summed E-state index contributed by atoms with van der Waals surface area (Å²) in [6.45, 7) is 0. The Balaban J connectivity index is 2.61. The smallest absolute Gasteiger partial charge is 0.261 e. The van der Waals surface area contributed by atoms with Gasteiger partial charge in [0.2, 0.25) is 0 Å². The molecule has 0 aliphatic heterocycles. The van der Waals surface area contributed by atoms with Crippen LogP contribution in [0.5, 0.6) is 0 Å². The number of rotatable bonds is 2. The topological polar surface area (TPSA) is 39.1 Å². The van der Waals surface area contributed by atoms with E-state index in [1.54, 1.807) is 25.2 Å². The highest BCUT2D eigenvalue weighted by Gasteiger charge is 2.06. The summed E-state index contributed by atoms with van der Waals surface area (Å²) in [5.74, 6) is 0. The number of pyridine rings is 1. The van der Waals surface area contributed by atoms with Crippen LogP contribution < -0.4 is 5.56 Å². The molecule has 0 fully saturated rings. The van der Waals surface area contributed by atoms with Gasteiger partial charge in [-0.2, -0.15) is 0 Å². The molecule has 0 saturated heterocycles. The molecule has 86 valence electrons. The summed E-state index contributed by atoms with van der Waals surface area (Å²) in [6, 6.07) is 10.5. The normalized spacial score (nSPS) is 10.2. The fourth-order valence-electron chi connectivity index (χ4n) is 1.66. The number of aldehydes is 1. The van der Waals surface area contributed by atoms with Crippen molar-refractivity contribution in [1.29, 1.82) is 0 Å². The maximum absolute atomic E-state index is 11.8. The summed E-state index contributed by atoms with van der Waals surface area (Å²) in [4.78, 5) is 22.4. The third-order valence-electron chi connectivity index (χ3n) is 2.60. The molecule has 0 unspecified atom stereocenters. The quantitative estimate of drug-likeness (QED) is 0.765. The van der Waals surface area contributed by atoms with Crippen molar-refractivity contribution in [2.75, 3.05) is 0 Å². The highest BCUT2D eigenvalue weighted by molar-refractivity contribution is 6.30. The van der Waals surface area contributed by atoms with Gasteiger partial charge in [-0.15, -0.1) is 0 Å². The van der Waals surface area contributed by atoms with Crippen molar-refractivity contribution < 1.29 is 4.79 Å². The van der Waals surface area contributed by atoms with Gasteiger partial charge in [0.25, 0.3) is 5.56 Å². The Bertz CT molecular complexity index is 614. The number of benzene rings is 1. The highest BCUT2D eigenvalue weighted by atomic mass is 35.5. The van der Waals surface area contributed by atoms with E-state index in [9.17, 15) is 9.59 Å². The van der Waals surface area contributed by atoms with Gasteiger partial charge in [-0.05, 0) is 29.8 Å². The Kier molecular flexibility index (Phi) is 3.11. The zero-order chi connectivity index (χ0) is 12.4. The van der Waals surface area contributed by atoms with Crippen LogP contribution in [-0.2, 0) is 7.05 Å². The van der Waals surface area contributed by atoms with Crippen LogP contribution in [-0.4, -0.2) is 10.9 Å². The van der Waals surface area contributed by atoms with E-state index in [-0.39, 0.29) is 11.1 Å². The largest absolute Gasteiger partial charge is 0.311 e. The molecule has 1 aromatic carbocycles. The summed E-state index contributed by atoms with van der Waals surface area (Å²) in [7, 11) is 1.64. The van der Waals surface area contributed by atoms with E-state index in [4.69, 9.17) is 11.6 Å². The number of carbonyl (C=O) groups excluding carboxylic acids is 1. The van der Waals surface area contributed by atoms with Gasteiger partial charge in [-0.3, -0.25) is 9.59 Å². The van der Waals surface area contributed by atoms with Gasteiger partial charge in [0.1, 0.15) is 0 Å². The zero-order valence-corrected chi connectivity index (χ0v) is 9.94. The Hall–Kier alpha value is -1.87. The van der Waals surface area contributed by atoms with Crippen molar-refractivity contribution in [2.24, 2.45) is 7.05 Å². The number of carbonyl (C=O) groups is 1.